The SMILES string of the molecule is Cc1ccc(-c2nc(N3CCN[C@@H](C)C3)n[nH]2)c(Br)c1. The number of aryl methyl sites for hydroxylation is 1. The number of H-pyrrole nitrogens is 1. The number of aromatic amines is 1. The summed E-state index contributed by atoms with van der Waals surface area (Å²) in [5, 5.41) is 10.8. The molecule has 0 radical (unpaired) electrons. The normalized spacial score (nSPS) is 19.4. The van der Waals surface area contributed by atoms with Crippen LogP contribution in [0.15, 0.2) is 22.7 Å². The number of hydrogen-bond donors (Lipinski definition) is 2. The Morgan fingerprint density at radius 3 is 3.00 bits per heavy atom. The first-order chi connectivity index (χ1) is 9.63. The second kappa shape index (κ2) is 5.54. The summed E-state index contributed by atoms with van der Waals surface area (Å²) in [5.41, 5.74) is 2.26. The molecule has 1 atom stereocenters. The standard InChI is InChI=1S/C14H18BrN5/c1-9-3-4-11(12(15)7-9)13-17-14(19-18-13)20-6-5-16-10(2)8-20/h3-4,7,10,16H,5-6,8H2,1-2H3,(H,17,18,19)/t10-/m0/s1. The predicted octanol–water partition coefficient (Wildman–Crippen LogP) is 2.34. The molecule has 1 aliphatic heterocycles. The van der Waals surface area contributed by atoms with Gasteiger partial charge in [0.1, 0.15) is 0 Å². The van der Waals surface area contributed by atoms with Crippen LogP contribution < -0.4 is 10.2 Å². The molecule has 0 unspecified atom stereocenters. The van der Waals surface area contributed by atoms with Gasteiger partial charge >= 0.3 is 0 Å². The van der Waals surface area contributed by atoms with E-state index >= 15 is 0 Å². The number of hydrogen-bond acceptors (Lipinski definition) is 4. The zero-order chi connectivity index (χ0) is 14.1. The molecule has 0 saturated carbocycles. The van der Waals surface area contributed by atoms with Crippen LogP contribution in [0.5, 0.6) is 0 Å². The highest BCUT2D eigenvalue weighted by Gasteiger charge is 2.20. The highest BCUT2D eigenvalue weighted by atomic mass is 79.9. The number of halogens is 1. The van der Waals surface area contributed by atoms with Gasteiger partial charge in [0, 0.05) is 35.7 Å². The Labute approximate surface area is 126 Å². The van der Waals surface area contributed by atoms with Crippen molar-refractivity contribution in [2.45, 2.75) is 19.9 Å². The van der Waals surface area contributed by atoms with Gasteiger partial charge in [0.15, 0.2) is 5.82 Å². The van der Waals surface area contributed by atoms with Crippen molar-refractivity contribution in [2.24, 2.45) is 0 Å². The average molecular weight is 336 g/mol. The molecular formula is C14H18BrN5. The van der Waals surface area contributed by atoms with E-state index in [1.807, 2.05) is 0 Å². The molecule has 1 fully saturated rings. The van der Waals surface area contributed by atoms with Gasteiger partial charge in [-0.25, -0.2) is 0 Å². The van der Waals surface area contributed by atoms with Crippen molar-refractivity contribution in [1.29, 1.82) is 0 Å². The summed E-state index contributed by atoms with van der Waals surface area (Å²) in [7, 11) is 0. The van der Waals surface area contributed by atoms with Gasteiger partial charge in [0.05, 0.1) is 0 Å². The van der Waals surface area contributed by atoms with Gasteiger partial charge in [-0.3, -0.25) is 5.10 Å². The molecule has 0 amide bonds. The fourth-order valence-electron chi connectivity index (χ4n) is 2.44. The number of rotatable bonds is 2. The van der Waals surface area contributed by atoms with Crippen LogP contribution in [0.3, 0.4) is 0 Å². The lowest BCUT2D eigenvalue weighted by molar-refractivity contribution is 0.480. The molecule has 2 heterocycles. The van der Waals surface area contributed by atoms with Gasteiger partial charge in [0.25, 0.3) is 0 Å². The van der Waals surface area contributed by atoms with Crippen LogP contribution in [-0.2, 0) is 0 Å². The zero-order valence-corrected chi connectivity index (χ0v) is 13.2. The fraction of sp³-hybridized carbons (Fsp3) is 0.429. The quantitative estimate of drug-likeness (QED) is 0.884. The summed E-state index contributed by atoms with van der Waals surface area (Å²) < 4.78 is 1.04. The Hall–Kier alpha value is -1.40. The molecule has 3 rings (SSSR count). The minimum Gasteiger partial charge on any atom is -0.337 e. The van der Waals surface area contributed by atoms with Crippen LogP contribution in [0.1, 0.15) is 12.5 Å². The molecule has 1 aliphatic rings. The third kappa shape index (κ3) is 2.71. The summed E-state index contributed by atoms with van der Waals surface area (Å²) in [6.45, 7) is 7.10. The number of nitrogens with zero attached hydrogens (tertiary/aromatic N) is 3. The largest absolute Gasteiger partial charge is 0.337 e. The summed E-state index contributed by atoms with van der Waals surface area (Å²) >= 11 is 3.59. The predicted molar refractivity (Wildman–Crippen MR) is 83.9 cm³/mol. The lowest BCUT2D eigenvalue weighted by Gasteiger charge is -2.30. The highest BCUT2D eigenvalue weighted by Crippen LogP contribution is 2.27. The Bertz CT molecular complexity index is 609. The van der Waals surface area contributed by atoms with Crippen LogP contribution in [0.25, 0.3) is 11.4 Å². The summed E-state index contributed by atoms with van der Waals surface area (Å²) in [6.07, 6.45) is 0. The number of anilines is 1. The van der Waals surface area contributed by atoms with E-state index in [4.69, 9.17) is 0 Å². The molecule has 2 N–H and O–H groups in total. The van der Waals surface area contributed by atoms with Crippen molar-refractivity contribution in [2.75, 3.05) is 24.5 Å². The van der Waals surface area contributed by atoms with Crippen LogP contribution in [0.2, 0.25) is 0 Å². The monoisotopic (exact) mass is 335 g/mol. The Morgan fingerprint density at radius 1 is 1.40 bits per heavy atom. The smallest absolute Gasteiger partial charge is 0.245 e. The van der Waals surface area contributed by atoms with Crippen LogP contribution >= 0.6 is 15.9 Å². The van der Waals surface area contributed by atoms with E-state index in [-0.39, 0.29) is 0 Å². The molecule has 106 valence electrons. The molecule has 1 aromatic heterocycles. The second-order valence-electron chi connectivity index (χ2n) is 5.27. The third-order valence-corrected chi connectivity index (χ3v) is 4.16. The fourth-order valence-corrected chi connectivity index (χ4v) is 3.12. The minimum absolute atomic E-state index is 0.469. The van der Waals surface area contributed by atoms with Crippen molar-refractivity contribution in [3.05, 3.63) is 28.2 Å². The summed E-state index contributed by atoms with van der Waals surface area (Å²) in [5.74, 6) is 1.58. The van der Waals surface area contributed by atoms with E-state index in [2.05, 4.69) is 73.4 Å². The third-order valence-electron chi connectivity index (χ3n) is 3.50. The molecule has 1 aromatic carbocycles. The van der Waals surface area contributed by atoms with Gasteiger partial charge in [0.2, 0.25) is 5.95 Å². The minimum atomic E-state index is 0.469. The Morgan fingerprint density at radius 2 is 2.25 bits per heavy atom. The van der Waals surface area contributed by atoms with Gasteiger partial charge in [-0.05, 0) is 31.5 Å². The lowest BCUT2D eigenvalue weighted by Crippen LogP contribution is -2.49. The average Bonchev–Trinajstić information content (AvgIpc) is 2.88. The summed E-state index contributed by atoms with van der Waals surface area (Å²) in [6, 6.07) is 6.70. The van der Waals surface area contributed by atoms with Gasteiger partial charge in [-0.15, -0.1) is 5.10 Å². The van der Waals surface area contributed by atoms with Crippen molar-refractivity contribution in [3.8, 4) is 11.4 Å². The molecule has 20 heavy (non-hydrogen) atoms. The molecule has 6 heteroatoms. The van der Waals surface area contributed by atoms with Crippen molar-refractivity contribution < 1.29 is 0 Å². The van der Waals surface area contributed by atoms with E-state index < -0.39 is 0 Å². The first-order valence-electron chi connectivity index (χ1n) is 6.81. The number of benzene rings is 1. The highest BCUT2D eigenvalue weighted by molar-refractivity contribution is 9.10. The van der Waals surface area contributed by atoms with Crippen molar-refractivity contribution >= 4 is 21.9 Å². The van der Waals surface area contributed by atoms with E-state index in [1.165, 1.54) is 5.56 Å². The molecule has 2 aromatic rings. The van der Waals surface area contributed by atoms with E-state index in [9.17, 15) is 0 Å². The molecule has 1 saturated heterocycles. The molecule has 5 nitrogen and oxygen atoms in total. The number of nitrogens with one attached hydrogen (secondary N) is 2. The van der Waals surface area contributed by atoms with Crippen LogP contribution in [0, 0.1) is 6.92 Å². The number of piperazine rings is 1. The van der Waals surface area contributed by atoms with E-state index in [0.29, 0.717) is 6.04 Å². The first kappa shape index (κ1) is 13.6. The van der Waals surface area contributed by atoms with Crippen molar-refractivity contribution in [3.63, 3.8) is 0 Å². The second-order valence-corrected chi connectivity index (χ2v) is 6.12. The topological polar surface area (TPSA) is 56.8 Å². The summed E-state index contributed by atoms with van der Waals surface area (Å²) in [4.78, 5) is 6.84. The van der Waals surface area contributed by atoms with Gasteiger partial charge in [-0.1, -0.05) is 22.0 Å². The maximum atomic E-state index is 4.63. The molecule has 0 aliphatic carbocycles. The van der Waals surface area contributed by atoms with Gasteiger partial charge in [-0.2, -0.15) is 4.98 Å². The lowest BCUT2D eigenvalue weighted by atomic mass is 10.1. The van der Waals surface area contributed by atoms with Crippen LogP contribution in [-0.4, -0.2) is 40.9 Å². The van der Waals surface area contributed by atoms with Crippen LogP contribution in [0.4, 0.5) is 5.95 Å². The number of aromatic nitrogens is 3. The molecule has 0 spiro atoms. The first-order valence-corrected chi connectivity index (χ1v) is 7.60. The van der Waals surface area contributed by atoms with E-state index in [0.717, 1.165) is 41.4 Å². The zero-order valence-electron chi connectivity index (χ0n) is 11.7. The maximum Gasteiger partial charge on any atom is 0.245 e. The van der Waals surface area contributed by atoms with E-state index in [1.54, 1.807) is 0 Å². The van der Waals surface area contributed by atoms with Gasteiger partial charge < -0.3 is 10.2 Å². The van der Waals surface area contributed by atoms with Crippen molar-refractivity contribution in [1.82, 2.24) is 20.5 Å². The maximum absolute atomic E-state index is 4.63. The Balaban J connectivity index is 1.86. The molecule has 0 bridgehead atoms. The molecular weight excluding hydrogens is 318 g/mol. The Kier molecular flexibility index (Phi) is 3.76.